The number of piperazine rings is 1. The van der Waals surface area contributed by atoms with Crippen molar-refractivity contribution in [2.24, 2.45) is 0 Å². The lowest BCUT2D eigenvalue weighted by atomic mass is 10.3. The van der Waals surface area contributed by atoms with Crippen molar-refractivity contribution in [1.82, 2.24) is 9.80 Å². The highest BCUT2D eigenvalue weighted by Gasteiger charge is 2.21. The van der Waals surface area contributed by atoms with E-state index >= 15 is 0 Å². The zero-order chi connectivity index (χ0) is 23.1. The quantitative estimate of drug-likeness (QED) is 0.452. The molecule has 1 heterocycles. The number of hydrogen-bond donors (Lipinski definition) is 2. The molecule has 32 heavy (non-hydrogen) atoms. The summed E-state index contributed by atoms with van der Waals surface area (Å²) >= 11 is 10.9. The molecule has 0 unspecified atom stereocenters. The van der Waals surface area contributed by atoms with Crippen LogP contribution >= 0.6 is 24.4 Å². The molecule has 1 aliphatic rings. The van der Waals surface area contributed by atoms with Gasteiger partial charge in [-0.3, -0.25) is 0 Å². The van der Waals surface area contributed by atoms with E-state index in [9.17, 15) is 17.6 Å². The molecule has 1 aliphatic heterocycles. The lowest BCUT2D eigenvalue weighted by molar-refractivity contribution is -0.0505. The first-order valence-electron chi connectivity index (χ1n) is 9.52. The first-order chi connectivity index (χ1) is 15.3. The van der Waals surface area contributed by atoms with Gasteiger partial charge in [-0.25, -0.2) is 0 Å². The van der Waals surface area contributed by atoms with Gasteiger partial charge >= 0.3 is 13.2 Å². The van der Waals surface area contributed by atoms with Crippen LogP contribution in [0.4, 0.5) is 28.9 Å². The highest BCUT2D eigenvalue weighted by Crippen LogP contribution is 2.20. The van der Waals surface area contributed by atoms with Gasteiger partial charge < -0.3 is 29.9 Å². The first-order valence-corrected chi connectivity index (χ1v) is 10.3. The molecular weight excluding hydrogens is 468 g/mol. The molecule has 0 radical (unpaired) electrons. The Bertz CT molecular complexity index is 833. The lowest BCUT2D eigenvalue weighted by Gasteiger charge is -2.37. The number of hydrogen-bond acceptors (Lipinski definition) is 4. The smallest absolute Gasteiger partial charge is 0.387 e. The molecule has 2 aromatic carbocycles. The fourth-order valence-corrected chi connectivity index (χ4v) is 3.56. The number of halogens is 4. The largest absolute Gasteiger partial charge is 0.435 e. The predicted molar refractivity (Wildman–Crippen MR) is 122 cm³/mol. The Morgan fingerprint density at radius 2 is 0.969 bits per heavy atom. The van der Waals surface area contributed by atoms with Crippen LogP contribution in [0, 0.1) is 0 Å². The van der Waals surface area contributed by atoms with E-state index in [4.69, 9.17) is 24.4 Å². The zero-order valence-corrected chi connectivity index (χ0v) is 18.3. The molecule has 3 rings (SSSR count). The summed E-state index contributed by atoms with van der Waals surface area (Å²) in [5, 5.41) is 7.18. The highest BCUT2D eigenvalue weighted by atomic mass is 32.1. The van der Waals surface area contributed by atoms with Gasteiger partial charge in [0.05, 0.1) is 0 Å². The highest BCUT2D eigenvalue weighted by molar-refractivity contribution is 7.80. The molecule has 0 atom stereocenters. The second kappa shape index (κ2) is 11.1. The summed E-state index contributed by atoms with van der Waals surface area (Å²) in [7, 11) is 0. The lowest BCUT2D eigenvalue weighted by Crippen LogP contribution is -2.52. The Morgan fingerprint density at radius 3 is 1.25 bits per heavy atom. The van der Waals surface area contributed by atoms with Crippen molar-refractivity contribution < 1.29 is 27.0 Å². The molecule has 2 N–H and O–H groups in total. The summed E-state index contributed by atoms with van der Waals surface area (Å²) in [5.74, 6) is 0.143. The Balaban J connectivity index is 1.44. The number of rotatable bonds is 6. The molecule has 0 aromatic heterocycles. The van der Waals surface area contributed by atoms with Crippen LogP contribution in [0.5, 0.6) is 11.5 Å². The van der Waals surface area contributed by atoms with Crippen LogP contribution in [0.25, 0.3) is 0 Å². The van der Waals surface area contributed by atoms with E-state index in [0.717, 1.165) is 0 Å². The summed E-state index contributed by atoms with van der Waals surface area (Å²) in [6.07, 6.45) is 0. The van der Waals surface area contributed by atoms with Gasteiger partial charge in [0.2, 0.25) is 0 Å². The molecule has 0 bridgehead atoms. The van der Waals surface area contributed by atoms with Gasteiger partial charge in [-0.2, -0.15) is 17.6 Å². The molecule has 2 aromatic rings. The van der Waals surface area contributed by atoms with Crippen LogP contribution in [0.2, 0.25) is 0 Å². The maximum Gasteiger partial charge on any atom is 0.387 e. The number of benzene rings is 2. The van der Waals surface area contributed by atoms with Gasteiger partial charge in [0.1, 0.15) is 11.5 Å². The van der Waals surface area contributed by atoms with Crippen LogP contribution in [0.1, 0.15) is 0 Å². The molecule has 1 fully saturated rings. The molecule has 12 heteroatoms. The fraction of sp³-hybridized carbons (Fsp3) is 0.300. The van der Waals surface area contributed by atoms with E-state index in [2.05, 4.69) is 20.1 Å². The maximum atomic E-state index is 12.2. The minimum atomic E-state index is -2.87. The van der Waals surface area contributed by atoms with Crippen LogP contribution in [0.3, 0.4) is 0 Å². The average molecular weight is 489 g/mol. The molecule has 1 saturated heterocycles. The van der Waals surface area contributed by atoms with Gasteiger partial charge in [-0.15, -0.1) is 0 Å². The number of alkyl halides is 4. The number of thiocarbonyl (C=S) groups is 2. The second-order valence-corrected chi connectivity index (χ2v) is 7.41. The van der Waals surface area contributed by atoms with Crippen molar-refractivity contribution in [2.45, 2.75) is 13.2 Å². The van der Waals surface area contributed by atoms with Gasteiger partial charge in [-0.05, 0) is 73.0 Å². The number of anilines is 2. The third-order valence-electron chi connectivity index (χ3n) is 4.52. The van der Waals surface area contributed by atoms with Crippen molar-refractivity contribution in [3.05, 3.63) is 48.5 Å². The summed E-state index contributed by atoms with van der Waals surface area (Å²) in [5.41, 5.74) is 1.33. The molecule has 172 valence electrons. The van der Waals surface area contributed by atoms with Crippen LogP contribution in [0.15, 0.2) is 48.5 Å². The van der Waals surface area contributed by atoms with E-state index in [0.29, 0.717) is 47.8 Å². The molecule has 0 amide bonds. The Kier molecular flexibility index (Phi) is 8.28. The Hall–Kier alpha value is -2.86. The second-order valence-electron chi connectivity index (χ2n) is 6.64. The van der Waals surface area contributed by atoms with Crippen molar-refractivity contribution in [3.8, 4) is 11.5 Å². The van der Waals surface area contributed by atoms with Crippen molar-refractivity contribution in [3.63, 3.8) is 0 Å². The third-order valence-corrected chi connectivity index (χ3v) is 5.24. The standard InChI is InChI=1S/C20H20F4N4O2S2/c21-17(22)29-15-5-1-13(2-6-15)25-19(31)27-9-11-28(12-10-27)20(32)26-14-3-7-16(8-4-14)30-18(23)24/h1-8,17-18H,9-12H2,(H,25,31)(H,26,32). The Labute approximate surface area is 193 Å². The number of nitrogens with one attached hydrogen (secondary N) is 2. The minimum absolute atomic E-state index is 0.0716. The normalized spacial score (nSPS) is 13.8. The van der Waals surface area contributed by atoms with E-state index in [1.54, 1.807) is 24.3 Å². The number of nitrogens with zero attached hydrogens (tertiary/aromatic N) is 2. The van der Waals surface area contributed by atoms with E-state index in [-0.39, 0.29) is 11.5 Å². The topological polar surface area (TPSA) is 49.0 Å². The van der Waals surface area contributed by atoms with Crippen molar-refractivity contribution in [2.75, 3.05) is 36.8 Å². The van der Waals surface area contributed by atoms with E-state index in [1.165, 1.54) is 24.3 Å². The molecule has 0 spiro atoms. The Morgan fingerprint density at radius 1 is 0.656 bits per heavy atom. The van der Waals surface area contributed by atoms with Crippen molar-refractivity contribution >= 4 is 46.0 Å². The van der Waals surface area contributed by atoms with Crippen LogP contribution in [-0.4, -0.2) is 59.4 Å². The van der Waals surface area contributed by atoms with Gasteiger partial charge in [0.15, 0.2) is 10.2 Å². The average Bonchev–Trinajstić information content (AvgIpc) is 2.76. The third kappa shape index (κ3) is 7.09. The monoisotopic (exact) mass is 488 g/mol. The van der Waals surface area contributed by atoms with Crippen LogP contribution in [-0.2, 0) is 0 Å². The van der Waals surface area contributed by atoms with Crippen molar-refractivity contribution in [1.29, 1.82) is 0 Å². The predicted octanol–water partition coefficient (Wildman–Crippen LogP) is 4.60. The molecule has 0 aliphatic carbocycles. The van der Waals surface area contributed by atoms with Crippen LogP contribution < -0.4 is 20.1 Å². The van der Waals surface area contributed by atoms with Gasteiger partial charge in [0.25, 0.3) is 0 Å². The van der Waals surface area contributed by atoms with E-state index in [1.807, 2.05) is 9.80 Å². The summed E-state index contributed by atoms with van der Waals surface area (Å²) < 4.78 is 57.6. The molecular formula is C20H20F4N4O2S2. The van der Waals surface area contributed by atoms with Gasteiger partial charge in [-0.1, -0.05) is 0 Å². The summed E-state index contributed by atoms with van der Waals surface area (Å²) in [4.78, 5) is 3.96. The molecule has 0 saturated carbocycles. The zero-order valence-electron chi connectivity index (χ0n) is 16.6. The summed E-state index contributed by atoms with van der Waals surface area (Å²) in [6.45, 7) is -3.23. The fourth-order valence-electron chi connectivity index (χ4n) is 2.96. The van der Waals surface area contributed by atoms with E-state index < -0.39 is 13.2 Å². The maximum absolute atomic E-state index is 12.2. The van der Waals surface area contributed by atoms with Gasteiger partial charge in [0, 0.05) is 37.6 Å². The minimum Gasteiger partial charge on any atom is -0.435 e. The molecule has 6 nitrogen and oxygen atoms in total. The number of ether oxygens (including phenoxy) is 2. The summed E-state index contributed by atoms with van der Waals surface area (Å²) in [6, 6.07) is 12.2. The first kappa shape index (κ1) is 23.8. The SMILES string of the molecule is FC(F)Oc1ccc(NC(=S)N2CCN(C(=S)Nc3ccc(OC(F)F)cc3)CC2)cc1.